The van der Waals surface area contributed by atoms with Gasteiger partial charge in [-0.2, -0.15) is 4.52 Å². The molecule has 1 saturated heterocycles. The zero-order valence-electron chi connectivity index (χ0n) is 15.6. The van der Waals surface area contributed by atoms with Gasteiger partial charge in [0, 0.05) is 30.7 Å². The number of benzene rings is 1. The van der Waals surface area contributed by atoms with Gasteiger partial charge in [-0.3, -0.25) is 4.79 Å². The molecule has 0 saturated carbocycles. The first-order valence-electron chi connectivity index (χ1n) is 9.45. The molecule has 148 valence electrons. The molecule has 0 bridgehead atoms. The van der Waals surface area contributed by atoms with Gasteiger partial charge in [0.15, 0.2) is 11.9 Å². The highest BCUT2D eigenvalue weighted by molar-refractivity contribution is 7.17. The predicted octanol–water partition coefficient (Wildman–Crippen LogP) is 1.58. The predicted molar refractivity (Wildman–Crippen MR) is 108 cm³/mol. The van der Waals surface area contributed by atoms with Crippen molar-refractivity contribution in [2.75, 3.05) is 13.1 Å². The van der Waals surface area contributed by atoms with Crippen molar-refractivity contribution in [2.45, 2.75) is 32.2 Å². The third kappa shape index (κ3) is 3.36. The van der Waals surface area contributed by atoms with Crippen LogP contribution >= 0.6 is 22.9 Å². The smallest absolute Gasteiger partial charge is 0.235 e. The first-order valence-corrected chi connectivity index (χ1v) is 10.6. The topological polar surface area (TPSA) is 98.0 Å². The Kier molecular flexibility index (Phi) is 5.27. The Labute approximate surface area is 171 Å². The van der Waals surface area contributed by atoms with Gasteiger partial charge in [-0.25, -0.2) is 4.98 Å². The Balaban J connectivity index is 1.76. The Morgan fingerprint density at radius 3 is 2.75 bits per heavy atom. The van der Waals surface area contributed by atoms with E-state index < -0.39 is 0 Å². The number of rotatable bonds is 5. The highest BCUT2D eigenvalue weighted by Gasteiger charge is 2.37. The number of aromatic hydroxyl groups is 1. The fourth-order valence-electron chi connectivity index (χ4n) is 3.95. The maximum absolute atomic E-state index is 11.6. The second-order valence-corrected chi connectivity index (χ2v) is 8.57. The Morgan fingerprint density at radius 1 is 1.43 bits per heavy atom. The number of fused-ring (bicyclic) bond motifs is 1. The summed E-state index contributed by atoms with van der Waals surface area (Å²) in [5.74, 6) is 0.499. The second kappa shape index (κ2) is 7.69. The summed E-state index contributed by atoms with van der Waals surface area (Å²) in [6, 6.07) is 7.55. The van der Waals surface area contributed by atoms with Crippen LogP contribution in [0.15, 0.2) is 24.3 Å². The van der Waals surface area contributed by atoms with Crippen molar-refractivity contribution in [1.82, 2.24) is 14.6 Å². The van der Waals surface area contributed by atoms with Crippen molar-refractivity contribution in [1.29, 1.82) is 0 Å². The van der Waals surface area contributed by atoms with Gasteiger partial charge in [-0.05, 0) is 6.07 Å². The molecule has 0 spiro atoms. The number of likely N-dealkylation sites (tertiary alicyclic amines) is 1. The van der Waals surface area contributed by atoms with Crippen LogP contribution in [0.5, 0.6) is 5.88 Å². The van der Waals surface area contributed by atoms with Gasteiger partial charge >= 0.3 is 0 Å². The highest BCUT2D eigenvalue weighted by Crippen LogP contribution is 2.37. The van der Waals surface area contributed by atoms with E-state index >= 15 is 0 Å². The Bertz CT molecular complexity index is 1010. The molecule has 1 aliphatic heterocycles. The first kappa shape index (κ1) is 19.2. The lowest BCUT2D eigenvalue weighted by Crippen LogP contribution is -3.13. The van der Waals surface area contributed by atoms with Gasteiger partial charge in [-0.15, -0.1) is 5.10 Å². The molecule has 1 fully saturated rings. The quantitative estimate of drug-likeness (QED) is 0.583. The molecule has 1 aliphatic rings. The first-order chi connectivity index (χ1) is 13.5. The third-order valence-electron chi connectivity index (χ3n) is 5.48. The van der Waals surface area contributed by atoms with Crippen molar-refractivity contribution < 1.29 is 14.8 Å². The summed E-state index contributed by atoms with van der Waals surface area (Å²) in [6.07, 6.45) is 2.17. The average Bonchev–Trinajstić information content (AvgIpc) is 3.23. The second-order valence-electron chi connectivity index (χ2n) is 7.16. The number of quaternary nitrogens is 1. The van der Waals surface area contributed by atoms with Gasteiger partial charge in [0.2, 0.25) is 16.7 Å². The lowest BCUT2D eigenvalue weighted by Gasteiger charge is -2.33. The van der Waals surface area contributed by atoms with E-state index in [0.29, 0.717) is 22.2 Å². The van der Waals surface area contributed by atoms with Gasteiger partial charge in [0.25, 0.3) is 0 Å². The summed E-state index contributed by atoms with van der Waals surface area (Å²) >= 11 is 7.98. The maximum Gasteiger partial charge on any atom is 0.235 e. The molecule has 3 aromatic rings. The number of carbonyl (C=O) groups excluding carboxylic acids is 1. The molecular formula is C19H23ClN5O2S+. The normalized spacial score (nSPS) is 21.1. The van der Waals surface area contributed by atoms with Gasteiger partial charge in [0.1, 0.15) is 4.88 Å². The maximum atomic E-state index is 11.6. The number of halogens is 1. The molecule has 28 heavy (non-hydrogen) atoms. The largest absolute Gasteiger partial charge is 0.492 e. The molecule has 0 radical (unpaired) electrons. The number of piperidine rings is 1. The van der Waals surface area contributed by atoms with Crippen molar-refractivity contribution in [3.8, 4) is 5.88 Å². The molecule has 9 heteroatoms. The number of aryl methyl sites for hydroxylation is 1. The number of thiazole rings is 1. The molecule has 1 amide bonds. The van der Waals surface area contributed by atoms with Crippen molar-refractivity contribution >= 4 is 33.8 Å². The molecule has 0 aliphatic carbocycles. The number of carbonyl (C=O) groups is 1. The minimum absolute atomic E-state index is 0.0846. The van der Waals surface area contributed by atoms with E-state index in [0.717, 1.165) is 36.4 Å². The van der Waals surface area contributed by atoms with Gasteiger partial charge in [0.05, 0.1) is 18.1 Å². The Hall–Kier alpha value is -2.16. The van der Waals surface area contributed by atoms with E-state index in [4.69, 9.17) is 17.3 Å². The number of aromatic nitrogens is 3. The van der Waals surface area contributed by atoms with Crippen LogP contribution in [0.1, 0.15) is 42.1 Å². The summed E-state index contributed by atoms with van der Waals surface area (Å²) in [5, 5.41) is 16.0. The summed E-state index contributed by atoms with van der Waals surface area (Å²) in [7, 11) is 0. The van der Waals surface area contributed by atoms with Crippen molar-refractivity contribution in [3.63, 3.8) is 0 Å². The van der Waals surface area contributed by atoms with Crippen LogP contribution in [-0.2, 0) is 11.2 Å². The molecule has 7 nitrogen and oxygen atoms in total. The molecule has 4 N–H and O–H groups in total. The van der Waals surface area contributed by atoms with Crippen LogP contribution in [0, 0.1) is 5.92 Å². The Morgan fingerprint density at radius 2 is 2.14 bits per heavy atom. The van der Waals surface area contributed by atoms with Crippen LogP contribution < -0.4 is 10.6 Å². The molecular weight excluding hydrogens is 398 g/mol. The molecule has 4 rings (SSSR count). The van der Waals surface area contributed by atoms with E-state index in [1.807, 2.05) is 31.2 Å². The number of primary amides is 1. The third-order valence-corrected chi connectivity index (χ3v) is 6.91. The molecule has 1 atom stereocenters. The van der Waals surface area contributed by atoms with Gasteiger partial charge in [-0.1, -0.05) is 48.1 Å². The monoisotopic (exact) mass is 420 g/mol. The van der Waals surface area contributed by atoms with Crippen LogP contribution in [0.2, 0.25) is 5.02 Å². The number of nitrogens with two attached hydrogens (primary N) is 1. The summed E-state index contributed by atoms with van der Waals surface area (Å²) in [5.41, 5.74) is 6.45. The zero-order valence-corrected chi connectivity index (χ0v) is 17.1. The van der Waals surface area contributed by atoms with Crippen LogP contribution in [-0.4, -0.2) is 38.7 Å². The minimum Gasteiger partial charge on any atom is -0.492 e. The number of amides is 1. The van der Waals surface area contributed by atoms with Crippen molar-refractivity contribution in [3.05, 3.63) is 45.6 Å². The molecule has 3 heterocycles. The van der Waals surface area contributed by atoms with Gasteiger partial charge < -0.3 is 15.7 Å². The molecule has 1 aromatic carbocycles. The summed E-state index contributed by atoms with van der Waals surface area (Å²) in [4.78, 5) is 18.8. The minimum atomic E-state index is -0.234. The van der Waals surface area contributed by atoms with Crippen LogP contribution in [0.4, 0.5) is 0 Å². The fourth-order valence-corrected chi connectivity index (χ4v) is 5.34. The highest BCUT2D eigenvalue weighted by atomic mass is 35.5. The summed E-state index contributed by atoms with van der Waals surface area (Å²) < 4.78 is 1.51. The van der Waals surface area contributed by atoms with E-state index in [-0.39, 0.29) is 23.7 Å². The van der Waals surface area contributed by atoms with E-state index in [9.17, 15) is 9.90 Å². The zero-order chi connectivity index (χ0) is 19.8. The number of nitrogens with zero attached hydrogens (tertiary/aromatic N) is 3. The average molecular weight is 421 g/mol. The standard InChI is InChI=1S/C19H22ClN5O2S/c1-2-14-22-19-25(23-14)18(27)16(28-19)15(12-5-3-4-6-13(12)20)24-9-7-11(8-10-24)17(21)26/h3-6,11,15,27H,2,7-10H2,1H3,(H2,21,26)/p+1/t15-/m0/s1. The number of nitrogens with one attached hydrogen (secondary N) is 1. The van der Waals surface area contributed by atoms with E-state index in [2.05, 4.69) is 10.1 Å². The van der Waals surface area contributed by atoms with Crippen LogP contribution in [0.25, 0.3) is 4.96 Å². The lowest BCUT2D eigenvalue weighted by molar-refractivity contribution is -0.930. The van der Waals surface area contributed by atoms with Crippen LogP contribution in [0.3, 0.4) is 0 Å². The number of hydrogen-bond donors (Lipinski definition) is 3. The van der Waals surface area contributed by atoms with E-state index in [1.54, 1.807) is 0 Å². The molecule has 0 unspecified atom stereocenters. The summed E-state index contributed by atoms with van der Waals surface area (Å²) in [6.45, 7) is 3.53. The lowest BCUT2D eigenvalue weighted by atomic mass is 9.93. The van der Waals surface area contributed by atoms with Crippen molar-refractivity contribution in [2.24, 2.45) is 11.7 Å². The SMILES string of the molecule is CCc1nc2sc([C@H](c3ccccc3Cl)[NH+]3CCC(C(N)=O)CC3)c(O)n2n1. The number of hydrogen-bond acceptors (Lipinski definition) is 5. The van der Waals surface area contributed by atoms with E-state index in [1.165, 1.54) is 20.8 Å². The fraction of sp³-hybridized carbons (Fsp3) is 0.421. The molecule has 2 aromatic heterocycles.